The van der Waals surface area contributed by atoms with E-state index in [0.29, 0.717) is 13.1 Å². The Morgan fingerprint density at radius 3 is 2.30 bits per heavy atom. The van der Waals surface area contributed by atoms with E-state index in [9.17, 15) is 9.59 Å². The smallest absolute Gasteiger partial charge is 0.250 e. The van der Waals surface area contributed by atoms with Gasteiger partial charge >= 0.3 is 0 Å². The summed E-state index contributed by atoms with van der Waals surface area (Å²) in [6.07, 6.45) is 3.52. The van der Waals surface area contributed by atoms with E-state index < -0.39 is 0 Å². The fourth-order valence-electron chi connectivity index (χ4n) is 2.54. The lowest BCUT2D eigenvalue weighted by molar-refractivity contribution is -0.125. The minimum Gasteiger partial charge on any atom is -0.352 e. The minimum absolute atomic E-state index is 0.00554. The van der Waals surface area contributed by atoms with Crippen molar-refractivity contribution in [2.45, 2.75) is 39.8 Å². The summed E-state index contributed by atoms with van der Waals surface area (Å²) < 4.78 is 1.67. The first-order valence-electron chi connectivity index (χ1n) is 8.15. The fraction of sp³-hybridized carbons (Fsp3) is 0.368. The molecule has 0 unspecified atom stereocenters. The highest BCUT2D eigenvalue weighted by atomic mass is 16.2. The van der Waals surface area contributed by atoms with Crippen molar-refractivity contribution in [3.05, 3.63) is 70.1 Å². The lowest BCUT2D eigenvalue weighted by atomic mass is 10.0. The van der Waals surface area contributed by atoms with Crippen LogP contribution in [-0.4, -0.2) is 10.5 Å². The zero-order valence-corrected chi connectivity index (χ0v) is 13.8. The van der Waals surface area contributed by atoms with Crippen LogP contribution < -0.4 is 10.9 Å². The summed E-state index contributed by atoms with van der Waals surface area (Å²) in [4.78, 5) is 23.7. The van der Waals surface area contributed by atoms with Crippen molar-refractivity contribution in [2.24, 2.45) is 5.92 Å². The van der Waals surface area contributed by atoms with Crippen molar-refractivity contribution in [3.8, 4) is 0 Å². The number of nitrogens with one attached hydrogen (secondary N) is 1. The Labute approximate surface area is 137 Å². The molecule has 0 atom stereocenters. The summed E-state index contributed by atoms with van der Waals surface area (Å²) in [5, 5.41) is 2.99. The van der Waals surface area contributed by atoms with Gasteiger partial charge in [0.05, 0.1) is 6.54 Å². The van der Waals surface area contributed by atoms with Crippen LogP contribution in [0.15, 0.2) is 53.5 Å². The van der Waals surface area contributed by atoms with E-state index in [4.69, 9.17) is 0 Å². The van der Waals surface area contributed by atoms with Gasteiger partial charge in [0.25, 0.3) is 5.56 Å². The van der Waals surface area contributed by atoms with Gasteiger partial charge in [-0.25, -0.2) is 0 Å². The topological polar surface area (TPSA) is 51.1 Å². The molecule has 1 N–H and O–H groups in total. The number of carbonyl (C=O) groups excluding carboxylic acids is 1. The lowest BCUT2D eigenvalue weighted by Gasteiger charge is -2.13. The SMILES string of the molecule is CCC(CC)C(=O)NCc1ccc(Cn2ccccc2=O)cc1. The Hall–Kier alpha value is -2.36. The third-order valence-corrected chi connectivity index (χ3v) is 4.10. The average Bonchev–Trinajstić information content (AvgIpc) is 2.57. The monoisotopic (exact) mass is 312 g/mol. The van der Waals surface area contributed by atoms with Gasteiger partial charge in [-0.2, -0.15) is 0 Å². The Morgan fingerprint density at radius 1 is 1.04 bits per heavy atom. The number of pyridine rings is 1. The number of rotatable bonds is 7. The highest BCUT2D eigenvalue weighted by Gasteiger charge is 2.13. The molecule has 4 heteroatoms. The quantitative estimate of drug-likeness (QED) is 0.854. The summed E-state index contributed by atoms with van der Waals surface area (Å²) in [5.74, 6) is 0.217. The number of hydrogen-bond acceptors (Lipinski definition) is 2. The van der Waals surface area contributed by atoms with Crippen molar-refractivity contribution in [1.82, 2.24) is 9.88 Å². The Bertz CT molecular complexity index is 685. The second kappa shape index (κ2) is 8.32. The first-order valence-corrected chi connectivity index (χ1v) is 8.15. The fourth-order valence-corrected chi connectivity index (χ4v) is 2.54. The van der Waals surface area contributed by atoms with Crippen molar-refractivity contribution in [3.63, 3.8) is 0 Å². The van der Waals surface area contributed by atoms with Crippen LogP contribution in [0.2, 0.25) is 0 Å². The molecule has 2 aromatic rings. The number of benzene rings is 1. The first-order chi connectivity index (χ1) is 11.1. The van der Waals surface area contributed by atoms with Crippen LogP contribution >= 0.6 is 0 Å². The average molecular weight is 312 g/mol. The molecule has 0 saturated carbocycles. The van der Waals surface area contributed by atoms with Crippen LogP contribution in [0.1, 0.15) is 37.8 Å². The molecule has 0 aliphatic heterocycles. The zero-order valence-electron chi connectivity index (χ0n) is 13.8. The molecule has 122 valence electrons. The molecule has 2 rings (SSSR count). The van der Waals surface area contributed by atoms with Gasteiger partial charge in [-0.05, 0) is 30.0 Å². The van der Waals surface area contributed by atoms with E-state index in [2.05, 4.69) is 5.32 Å². The number of nitrogens with zero attached hydrogens (tertiary/aromatic N) is 1. The van der Waals surface area contributed by atoms with Crippen molar-refractivity contribution in [2.75, 3.05) is 0 Å². The molecule has 1 amide bonds. The van der Waals surface area contributed by atoms with Gasteiger partial charge in [-0.1, -0.05) is 44.2 Å². The summed E-state index contributed by atoms with van der Waals surface area (Å²) in [6.45, 7) is 5.17. The molecule has 0 aliphatic rings. The summed E-state index contributed by atoms with van der Waals surface area (Å²) in [7, 11) is 0. The molecule has 0 fully saturated rings. The van der Waals surface area contributed by atoms with E-state index in [-0.39, 0.29) is 17.4 Å². The molecule has 0 aliphatic carbocycles. The highest BCUT2D eigenvalue weighted by Crippen LogP contribution is 2.09. The van der Waals surface area contributed by atoms with Crippen LogP contribution in [0.5, 0.6) is 0 Å². The molecule has 0 radical (unpaired) electrons. The van der Waals surface area contributed by atoms with Crippen LogP contribution in [0.4, 0.5) is 0 Å². The number of hydrogen-bond donors (Lipinski definition) is 1. The van der Waals surface area contributed by atoms with E-state index in [0.717, 1.165) is 24.0 Å². The number of amides is 1. The third kappa shape index (κ3) is 4.81. The zero-order chi connectivity index (χ0) is 16.7. The molecular formula is C19H24N2O2. The first kappa shape index (κ1) is 17.0. The van der Waals surface area contributed by atoms with Crippen LogP contribution in [-0.2, 0) is 17.9 Å². The maximum Gasteiger partial charge on any atom is 0.250 e. The molecule has 1 aromatic heterocycles. The minimum atomic E-state index is -0.00554. The Balaban J connectivity index is 1.93. The molecule has 4 nitrogen and oxygen atoms in total. The Morgan fingerprint density at radius 2 is 1.70 bits per heavy atom. The summed E-state index contributed by atoms with van der Waals surface area (Å²) in [6, 6.07) is 13.1. The largest absolute Gasteiger partial charge is 0.352 e. The third-order valence-electron chi connectivity index (χ3n) is 4.10. The highest BCUT2D eigenvalue weighted by molar-refractivity contribution is 5.78. The van der Waals surface area contributed by atoms with Crippen molar-refractivity contribution < 1.29 is 4.79 Å². The van der Waals surface area contributed by atoms with Gasteiger partial charge in [-0.3, -0.25) is 9.59 Å². The second-order valence-electron chi connectivity index (χ2n) is 5.71. The van der Waals surface area contributed by atoms with Crippen LogP contribution in [0, 0.1) is 5.92 Å². The van der Waals surface area contributed by atoms with Crippen molar-refractivity contribution in [1.29, 1.82) is 0 Å². The second-order valence-corrected chi connectivity index (χ2v) is 5.71. The van der Waals surface area contributed by atoms with Crippen molar-refractivity contribution >= 4 is 5.91 Å². The molecule has 0 spiro atoms. The maximum absolute atomic E-state index is 12.0. The van der Waals surface area contributed by atoms with Gasteiger partial charge in [0, 0.05) is 24.7 Å². The molecular weight excluding hydrogens is 288 g/mol. The van der Waals surface area contributed by atoms with E-state index in [1.165, 1.54) is 0 Å². The van der Waals surface area contributed by atoms with Gasteiger partial charge in [0.15, 0.2) is 0 Å². The van der Waals surface area contributed by atoms with Crippen LogP contribution in [0.25, 0.3) is 0 Å². The predicted octanol–water partition coefficient (Wildman–Crippen LogP) is 2.95. The maximum atomic E-state index is 12.0. The van der Waals surface area contributed by atoms with E-state index in [1.807, 2.05) is 44.2 Å². The molecule has 1 aromatic carbocycles. The number of carbonyl (C=O) groups is 1. The molecule has 0 saturated heterocycles. The lowest BCUT2D eigenvalue weighted by Crippen LogP contribution is -2.29. The number of aromatic nitrogens is 1. The van der Waals surface area contributed by atoms with E-state index in [1.54, 1.807) is 22.9 Å². The van der Waals surface area contributed by atoms with Gasteiger partial charge in [-0.15, -0.1) is 0 Å². The van der Waals surface area contributed by atoms with Gasteiger partial charge in [0.1, 0.15) is 0 Å². The molecule has 0 bridgehead atoms. The standard InChI is InChI=1S/C19H24N2O2/c1-3-17(4-2)19(23)20-13-15-8-10-16(11-9-15)14-21-12-6-5-7-18(21)22/h5-12,17H,3-4,13-14H2,1-2H3,(H,20,23). The summed E-state index contributed by atoms with van der Waals surface area (Å²) in [5.41, 5.74) is 2.12. The van der Waals surface area contributed by atoms with Gasteiger partial charge < -0.3 is 9.88 Å². The van der Waals surface area contributed by atoms with E-state index >= 15 is 0 Å². The predicted molar refractivity (Wildman–Crippen MR) is 92.2 cm³/mol. The normalized spacial score (nSPS) is 10.7. The Kier molecular flexibility index (Phi) is 6.15. The molecule has 23 heavy (non-hydrogen) atoms. The summed E-state index contributed by atoms with van der Waals surface area (Å²) >= 11 is 0. The van der Waals surface area contributed by atoms with Crippen LogP contribution in [0.3, 0.4) is 0 Å². The molecule has 1 heterocycles. The van der Waals surface area contributed by atoms with Gasteiger partial charge in [0.2, 0.25) is 5.91 Å².